The maximum atomic E-state index is 12.2. The van der Waals surface area contributed by atoms with E-state index >= 15 is 0 Å². The molecule has 0 aromatic carbocycles. The van der Waals surface area contributed by atoms with Crippen LogP contribution in [0.2, 0.25) is 0 Å². The SMILES string of the molecule is CN(C(=O)N(CC(N)=O)CC(=O)O)C1CCNCC1. The molecule has 0 spiro atoms. The van der Waals surface area contributed by atoms with E-state index in [0.29, 0.717) is 0 Å². The summed E-state index contributed by atoms with van der Waals surface area (Å²) in [7, 11) is 1.62. The summed E-state index contributed by atoms with van der Waals surface area (Å²) in [5.74, 6) is -1.90. The van der Waals surface area contributed by atoms with Crippen molar-refractivity contribution < 1.29 is 19.5 Å². The molecule has 0 saturated carbocycles. The zero-order valence-electron chi connectivity index (χ0n) is 11.0. The van der Waals surface area contributed by atoms with Gasteiger partial charge in [-0.25, -0.2) is 4.79 Å². The predicted octanol–water partition coefficient (Wildman–Crippen LogP) is -1.34. The minimum atomic E-state index is -1.17. The molecule has 1 rings (SSSR count). The van der Waals surface area contributed by atoms with Gasteiger partial charge in [-0.15, -0.1) is 0 Å². The molecule has 0 aliphatic carbocycles. The Bertz CT molecular complexity index is 339. The fourth-order valence-electron chi connectivity index (χ4n) is 2.12. The molecule has 1 heterocycles. The van der Waals surface area contributed by atoms with Crippen molar-refractivity contribution in [1.82, 2.24) is 15.1 Å². The fraction of sp³-hybridized carbons (Fsp3) is 0.727. The molecule has 0 atom stereocenters. The van der Waals surface area contributed by atoms with Gasteiger partial charge in [-0.3, -0.25) is 9.59 Å². The van der Waals surface area contributed by atoms with Crippen molar-refractivity contribution >= 4 is 17.9 Å². The second-order valence-corrected chi connectivity index (χ2v) is 4.59. The van der Waals surface area contributed by atoms with Gasteiger partial charge in [-0.2, -0.15) is 0 Å². The molecule has 1 fully saturated rings. The molecule has 0 aromatic rings. The van der Waals surface area contributed by atoms with Gasteiger partial charge in [0, 0.05) is 13.1 Å². The van der Waals surface area contributed by atoms with Crippen LogP contribution in [0.4, 0.5) is 4.79 Å². The number of piperidine rings is 1. The maximum absolute atomic E-state index is 12.2. The summed E-state index contributed by atoms with van der Waals surface area (Å²) in [4.78, 5) is 36.2. The Labute approximate surface area is 111 Å². The number of aliphatic carboxylic acids is 1. The van der Waals surface area contributed by atoms with Crippen molar-refractivity contribution in [3.8, 4) is 0 Å². The molecule has 19 heavy (non-hydrogen) atoms. The van der Waals surface area contributed by atoms with Gasteiger partial charge in [0.2, 0.25) is 5.91 Å². The number of primary amides is 1. The van der Waals surface area contributed by atoms with E-state index in [1.54, 1.807) is 7.05 Å². The molecule has 1 saturated heterocycles. The van der Waals surface area contributed by atoms with Crippen LogP contribution in [-0.2, 0) is 9.59 Å². The second kappa shape index (κ2) is 6.93. The first kappa shape index (κ1) is 15.2. The topological polar surface area (TPSA) is 116 Å². The zero-order valence-corrected chi connectivity index (χ0v) is 11.0. The van der Waals surface area contributed by atoms with Crippen molar-refractivity contribution in [2.45, 2.75) is 18.9 Å². The van der Waals surface area contributed by atoms with E-state index in [-0.39, 0.29) is 12.6 Å². The van der Waals surface area contributed by atoms with E-state index in [1.165, 1.54) is 4.90 Å². The average Bonchev–Trinajstić information content (AvgIpc) is 2.36. The van der Waals surface area contributed by atoms with Crippen LogP contribution >= 0.6 is 0 Å². The summed E-state index contributed by atoms with van der Waals surface area (Å²) in [6, 6.07) is -0.425. The standard InChI is InChI=1S/C11H20N4O4/c1-14(8-2-4-13-5-3-8)11(19)15(6-9(12)16)7-10(17)18/h8,13H,2-7H2,1H3,(H2,12,16)(H,17,18). The summed E-state index contributed by atoms with van der Waals surface area (Å²) >= 11 is 0. The minimum absolute atomic E-state index is 0.0536. The second-order valence-electron chi connectivity index (χ2n) is 4.59. The molecule has 4 N–H and O–H groups in total. The highest BCUT2D eigenvalue weighted by molar-refractivity contribution is 5.86. The molecule has 1 aliphatic rings. The van der Waals surface area contributed by atoms with Crippen molar-refractivity contribution in [3.63, 3.8) is 0 Å². The third-order valence-electron chi connectivity index (χ3n) is 3.10. The molecule has 0 unspecified atom stereocenters. The van der Waals surface area contributed by atoms with E-state index in [1.807, 2.05) is 0 Å². The number of nitrogens with zero attached hydrogens (tertiary/aromatic N) is 2. The van der Waals surface area contributed by atoms with Crippen LogP contribution in [0, 0.1) is 0 Å². The number of rotatable bonds is 5. The highest BCUT2D eigenvalue weighted by Gasteiger charge is 2.27. The minimum Gasteiger partial charge on any atom is -0.480 e. The summed E-state index contributed by atoms with van der Waals surface area (Å²) in [6.07, 6.45) is 1.61. The molecular weight excluding hydrogens is 252 g/mol. The number of amides is 3. The number of carboxylic acids is 1. The van der Waals surface area contributed by atoms with Crippen LogP contribution in [-0.4, -0.2) is 72.1 Å². The first-order valence-corrected chi connectivity index (χ1v) is 6.14. The Kier molecular flexibility index (Phi) is 5.56. The summed E-state index contributed by atoms with van der Waals surface area (Å²) in [5.41, 5.74) is 5.03. The summed E-state index contributed by atoms with van der Waals surface area (Å²) in [6.45, 7) is 0.714. The van der Waals surface area contributed by atoms with Crippen molar-refractivity contribution in [1.29, 1.82) is 0 Å². The Morgan fingerprint density at radius 1 is 1.26 bits per heavy atom. The van der Waals surface area contributed by atoms with Crippen LogP contribution < -0.4 is 11.1 Å². The van der Waals surface area contributed by atoms with Crippen LogP contribution in [0.5, 0.6) is 0 Å². The third-order valence-corrected chi connectivity index (χ3v) is 3.10. The fourth-order valence-corrected chi connectivity index (χ4v) is 2.12. The lowest BCUT2D eigenvalue weighted by Gasteiger charge is -2.34. The molecule has 0 aromatic heterocycles. The van der Waals surface area contributed by atoms with Gasteiger partial charge >= 0.3 is 12.0 Å². The summed E-state index contributed by atoms with van der Waals surface area (Å²) in [5, 5.41) is 11.9. The van der Waals surface area contributed by atoms with Crippen LogP contribution in [0.15, 0.2) is 0 Å². The quantitative estimate of drug-likeness (QED) is 0.573. The summed E-state index contributed by atoms with van der Waals surface area (Å²) < 4.78 is 0. The zero-order chi connectivity index (χ0) is 14.4. The monoisotopic (exact) mass is 272 g/mol. The van der Waals surface area contributed by atoms with Gasteiger partial charge in [0.1, 0.15) is 13.1 Å². The van der Waals surface area contributed by atoms with Crippen molar-refractivity contribution in [2.24, 2.45) is 5.73 Å². The number of nitrogens with one attached hydrogen (secondary N) is 1. The lowest BCUT2D eigenvalue weighted by Crippen LogP contribution is -2.52. The van der Waals surface area contributed by atoms with Gasteiger partial charge in [-0.05, 0) is 25.9 Å². The van der Waals surface area contributed by atoms with E-state index < -0.39 is 24.5 Å². The molecular formula is C11H20N4O4. The lowest BCUT2D eigenvalue weighted by molar-refractivity contribution is -0.138. The molecule has 8 nitrogen and oxygen atoms in total. The van der Waals surface area contributed by atoms with E-state index in [0.717, 1.165) is 30.8 Å². The molecule has 108 valence electrons. The predicted molar refractivity (Wildman–Crippen MR) is 67.5 cm³/mol. The maximum Gasteiger partial charge on any atom is 0.323 e. The number of carboxylic acid groups (broad SMARTS) is 1. The number of carbonyl (C=O) groups is 3. The number of carbonyl (C=O) groups excluding carboxylic acids is 2. The smallest absolute Gasteiger partial charge is 0.323 e. The molecule has 8 heteroatoms. The van der Waals surface area contributed by atoms with Crippen LogP contribution in [0.25, 0.3) is 0 Å². The van der Waals surface area contributed by atoms with Crippen molar-refractivity contribution in [2.75, 3.05) is 33.2 Å². The van der Waals surface area contributed by atoms with Gasteiger partial charge in [0.05, 0.1) is 0 Å². The number of hydrogen-bond acceptors (Lipinski definition) is 4. The Morgan fingerprint density at radius 3 is 2.32 bits per heavy atom. The van der Waals surface area contributed by atoms with Gasteiger partial charge in [0.15, 0.2) is 0 Å². The Hall–Kier alpha value is -1.83. The molecule has 3 amide bonds. The lowest BCUT2D eigenvalue weighted by atomic mass is 10.1. The molecule has 0 bridgehead atoms. The highest BCUT2D eigenvalue weighted by atomic mass is 16.4. The van der Waals surface area contributed by atoms with E-state index in [4.69, 9.17) is 10.8 Å². The average molecular weight is 272 g/mol. The molecule has 0 radical (unpaired) electrons. The number of hydrogen-bond donors (Lipinski definition) is 3. The van der Waals surface area contributed by atoms with Gasteiger partial charge < -0.3 is 26.0 Å². The van der Waals surface area contributed by atoms with E-state index in [2.05, 4.69) is 5.32 Å². The first-order chi connectivity index (χ1) is 8.91. The van der Waals surface area contributed by atoms with E-state index in [9.17, 15) is 14.4 Å². The first-order valence-electron chi connectivity index (χ1n) is 6.14. The van der Waals surface area contributed by atoms with Crippen molar-refractivity contribution in [3.05, 3.63) is 0 Å². The Balaban J connectivity index is 2.67. The van der Waals surface area contributed by atoms with Crippen LogP contribution in [0.1, 0.15) is 12.8 Å². The molecule has 1 aliphatic heterocycles. The highest BCUT2D eigenvalue weighted by Crippen LogP contribution is 2.12. The van der Waals surface area contributed by atoms with Crippen LogP contribution in [0.3, 0.4) is 0 Å². The third kappa shape index (κ3) is 4.74. The van der Waals surface area contributed by atoms with Gasteiger partial charge in [0.25, 0.3) is 0 Å². The largest absolute Gasteiger partial charge is 0.480 e. The number of urea groups is 1. The normalized spacial score (nSPS) is 15.8. The van der Waals surface area contributed by atoms with Gasteiger partial charge in [-0.1, -0.05) is 0 Å². The number of nitrogens with two attached hydrogens (primary N) is 1. The Morgan fingerprint density at radius 2 is 1.84 bits per heavy atom.